The standard InChI is InChI=1S/C20H27N3O2/c1-6-17-7-9-19(10-8-17)25-13-20(24)22-21-12-18-11-15(4)23(14(2)3)16(18)5/h7-12,14H,6,13H2,1-5H3,(H,22,24)/b21-12-. The number of nitrogens with one attached hydrogen (secondary N) is 1. The number of carbonyl (C=O) groups is 1. The molecule has 2 rings (SSSR count). The van der Waals surface area contributed by atoms with E-state index in [-0.39, 0.29) is 12.5 Å². The predicted octanol–water partition coefficient (Wildman–Crippen LogP) is 3.78. The lowest BCUT2D eigenvalue weighted by Gasteiger charge is -2.13. The van der Waals surface area contributed by atoms with Crippen LogP contribution in [0.1, 0.15) is 49.3 Å². The molecule has 0 aliphatic carbocycles. The molecule has 0 atom stereocenters. The van der Waals surface area contributed by atoms with E-state index in [0.717, 1.165) is 17.7 Å². The van der Waals surface area contributed by atoms with Crippen LogP contribution in [-0.4, -0.2) is 23.3 Å². The molecule has 1 aromatic carbocycles. The summed E-state index contributed by atoms with van der Waals surface area (Å²) in [4.78, 5) is 11.8. The maximum Gasteiger partial charge on any atom is 0.277 e. The first-order valence-electron chi connectivity index (χ1n) is 8.64. The lowest BCUT2D eigenvalue weighted by atomic mass is 10.2. The van der Waals surface area contributed by atoms with Crippen LogP contribution >= 0.6 is 0 Å². The van der Waals surface area contributed by atoms with Crippen molar-refractivity contribution in [2.75, 3.05) is 6.61 Å². The van der Waals surface area contributed by atoms with E-state index in [4.69, 9.17) is 4.74 Å². The Labute approximate surface area is 149 Å². The van der Waals surface area contributed by atoms with Gasteiger partial charge in [0, 0.05) is 23.0 Å². The summed E-state index contributed by atoms with van der Waals surface area (Å²) in [6, 6.07) is 10.2. The van der Waals surface area contributed by atoms with E-state index >= 15 is 0 Å². The maximum absolute atomic E-state index is 11.8. The molecule has 25 heavy (non-hydrogen) atoms. The fourth-order valence-corrected chi connectivity index (χ4v) is 2.90. The first-order chi connectivity index (χ1) is 11.9. The molecule has 0 radical (unpaired) electrons. The van der Waals surface area contributed by atoms with Gasteiger partial charge in [0.15, 0.2) is 6.61 Å². The van der Waals surface area contributed by atoms with E-state index in [1.165, 1.54) is 11.3 Å². The SMILES string of the molecule is CCc1ccc(OCC(=O)N/N=C\c2cc(C)n(C(C)C)c2C)cc1. The minimum atomic E-state index is -0.284. The Morgan fingerprint density at radius 1 is 1.28 bits per heavy atom. The first-order valence-corrected chi connectivity index (χ1v) is 8.64. The summed E-state index contributed by atoms with van der Waals surface area (Å²) >= 11 is 0. The molecule has 0 saturated carbocycles. The van der Waals surface area contributed by atoms with Crippen LogP contribution < -0.4 is 10.2 Å². The van der Waals surface area contributed by atoms with Gasteiger partial charge >= 0.3 is 0 Å². The summed E-state index contributed by atoms with van der Waals surface area (Å²) < 4.78 is 7.70. The third-order valence-electron chi connectivity index (χ3n) is 4.13. The molecule has 0 saturated heterocycles. The number of benzene rings is 1. The average molecular weight is 341 g/mol. The Hall–Kier alpha value is -2.56. The highest BCUT2D eigenvalue weighted by Crippen LogP contribution is 2.18. The van der Waals surface area contributed by atoms with E-state index in [1.54, 1.807) is 6.21 Å². The number of rotatable bonds is 7. The molecule has 5 heteroatoms. The fourth-order valence-electron chi connectivity index (χ4n) is 2.90. The monoisotopic (exact) mass is 341 g/mol. The molecule has 0 fully saturated rings. The van der Waals surface area contributed by atoms with E-state index in [9.17, 15) is 4.79 Å². The van der Waals surface area contributed by atoms with Crippen LogP contribution in [0.2, 0.25) is 0 Å². The van der Waals surface area contributed by atoms with Crippen LogP contribution in [0.3, 0.4) is 0 Å². The Balaban J connectivity index is 1.87. The molecule has 134 valence electrons. The number of aromatic nitrogens is 1. The van der Waals surface area contributed by atoms with Gasteiger partial charge in [-0.15, -0.1) is 0 Å². The van der Waals surface area contributed by atoms with Crippen molar-refractivity contribution < 1.29 is 9.53 Å². The third kappa shape index (κ3) is 4.95. The first kappa shape index (κ1) is 18.8. The molecule has 1 amide bonds. The van der Waals surface area contributed by atoms with Crippen molar-refractivity contribution >= 4 is 12.1 Å². The summed E-state index contributed by atoms with van der Waals surface area (Å²) in [6.07, 6.45) is 2.65. The number of amides is 1. The molecule has 5 nitrogen and oxygen atoms in total. The predicted molar refractivity (Wildman–Crippen MR) is 101 cm³/mol. The number of hydrazone groups is 1. The van der Waals surface area contributed by atoms with E-state index in [2.05, 4.69) is 55.8 Å². The Morgan fingerprint density at radius 3 is 2.52 bits per heavy atom. The van der Waals surface area contributed by atoms with Crippen molar-refractivity contribution in [1.82, 2.24) is 9.99 Å². The van der Waals surface area contributed by atoms with Gasteiger partial charge in [0.1, 0.15) is 5.75 Å². The van der Waals surface area contributed by atoms with Gasteiger partial charge in [-0.2, -0.15) is 5.10 Å². The maximum atomic E-state index is 11.8. The molecule has 0 unspecified atom stereocenters. The topological polar surface area (TPSA) is 55.6 Å². The van der Waals surface area contributed by atoms with Crippen molar-refractivity contribution in [3.05, 3.63) is 52.8 Å². The van der Waals surface area contributed by atoms with Crippen molar-refractivity contribution in [3.63, 3.8) is 0 Å². The summed E-state index contributed by atoms with van der Waals surface area (Å²) in [5, 5.41) is 4.04. The molecule has 0 aliphatic heterocycles. The van der Waals surface area contributed by atoms with Crippen molar-refractivity contribution in [2.45, 2.75) is 47.1 Å². The van der Waals surface area contributed by atoms with Crippen LogP contribution in [0.5, 0.6) is 5.75 Å². The quantitative estimate of drug-likeness (QED) is 0.615. The second-order valence-electron chi connectivity index (χ2n) is 6.37. The van der Waals surface area contributed by atoms with Gasteiger partial charge in [0.2, 0.25) is 0 Å². The lowest BCUT2D eigenvalue weighted by molar-refractivity contribution is -0.123. The largest absolute Gasteiger partial charge is 0.484 e. The van der Waals surface area contributed by atoms with E-state index in [1.807, 2.05) is 24.3 Å². The second kappa shape index (κ2) is 8.51. The molecule has 1 heterocycles. The molecule has 2 aromatic rings. The average Bonchev–Trinajstić information content (AvgIpc) is 2.87. The summed E-state index contributed by atoms with van der Waals surface area (Å²) in [5.74, 6) is 0.394. The number of aryl methyl sites for hydroxylation is 2. The van der Waals surface area contributed by atoms with Gasteiger partial charge in [-0.1, -0.05) is 19.1 Å². The fraction of sp³-hybridized carbons (Fsp3) is 0.400. The Kier molecular flexibility index (Phi) is 6.39. The van der Waals surface area contributed by atoms with E-state index < -0.39 is 0 Å². The summed E-state index contributed by atoms with van der Waals surface area (Å²) in [5.41, 5.74) is 7.06. The van der Waals surface area contributed by atoms with Crippen LogP contribution in [0, 0.1) is 13.8 Å². The second-order valence-corrected chi connectivity index (χ2v) is 6.37. The molecule has 0 aliphatic rings. The van der Waals surface area contributed by atoms with Gasteiger partial charge in [-0.25, -0.2) is 5.43 Å². The minimum Gasteiger partial charge on any atom is -0.484 e. The van der Waals surface area contributed by atoms with Crippen molar-refractivity contribution in [1.29, 1.82) is 0 Å². The van der Waals surface area contributed by atoms with E-state index in [0.29, 0.717) is 11.8 Å². The zero-order valence-corrected chi connectivity index (χ0v) is 15.7. The number of nitrogens with zero attached hydrogens (tertiary/aromatic N) is 2. The summed E-state index contributed by atoms with van der Waals surface area (Å²) in [7, 11) is 0. The lowest BCUT2D eigenvalue weighted by Crippen LogP contribution is -2.24. The van der Waals surface area contributed by atoms with Crippen LogP contribution in [0.4, 0.5) is 0 Å². The highest BCUT2D eigenvalue weighted by atomic mass is 16.5. The number of ether oxygens (including phenoxy) is 1. The summed E-state index contributed by atoms with van der Waals surface area (Å²) in [6.45, 7) is 10.5. The molecular formula is C20H27N3O2. The number of hydrogen-bond acceptors (Lipinski definition) is 3. The molecular weight excluding hydrogens is 314 g/mol. The molecule has 0 bridgehead atoms. The van der Waals surface area contributed by atoms with Crippen molar-refractivity contribution in [3.8, 4) is 5.75 Å². The smallest absolute Gasteiger partial charge is 0.277 e. The zero-order chi connectivity index (χ0) is 18.4. The third-order valence-corrected chi connectivity index (χ3v) is 4.13. The van der Waals surface area contributed by atoms with Crippen LogP contribution in [0.25, 0.3) is 0 Å². The van der Waals surface area contributed by atoms with Gasteiger partial charge in [-0.3, -0.25) is 4.79 Å². The number of hydrogen-bond donors (Lipinski definition) is 1. The van der Waals surface area contributed by atoms with Crippen LogP contribution in [-0.2, 0) is 11.2 Å². The minimum absolute atomic E-state index is 0.0617. The molecule has 1 aromatic heterocycles. The van der Waals surface area contributed by atoms with Gasteiger partial charge in [-0.05, 0) is 57.9 Å². The highest BCUT2D eigenvalue weighted by molar-refractivity contribution is 5.84. The number of carbonyl (C=O) groups excluding carboxylic acids is 1. The van der Waals surface area contributed by atoms with Gasteiger partial charge in [0.25, 0.3) is 5.91 Å². The van der Waals surface area contributed by atoms with Crippen LogP contribution in [0.15, 0.2) is 35.4 Å². The molecule has 1 N–H and O–H groups in total. The van der Waals surface area contributed by atoms with Gasteiger partial charge < -0.3 is 9.30 Å². The molecule has 0 spiro atoms. The normalized spacial score (nSPS) is 11.3. The Bertz CT molecular complexity index is 743. The van der Waals surface area contributed by atoms with Crippen molar-refractivity contribution in [2.24, 2.45) is 5.10 Å². The Morgan fingerprint density at radius 2 is 1.96 bits per heavy atom. The highest BCUT2D eigenvalue weighted by Gasteiger charge is 2.10. The zero-order valence-electron chi connectivity index (χ0n) is 15.7. The van der Waals surface area contributed by atoms with Gasteiger partial charge in [0.05, 0.1) is 6.21 Å².